The van der Waals surface area contributed by atoms with E-state index in [9.17, 15) is 9.59 Å². The van der Waals surface area contributed by atoms with Gasteiger partial charge in [-0.3, -0.25) is 19.8 Å². The van der Waals surface area contributed by atoms with Gasteiger partial charge < -0.3 is 9.73 Å². The van der Waals surface area contributed by atoms with Crippen LogP contribution >= 0.6 is 11.3 Å². The lowest BCUT2D eigenvalue weighted by Gasteiger charge is -2.32. The molecule has 30 heavy (non-hydrogen) atoms. The first-order valence-electron chi connectivity index (χ1n) is 10.2. The van der Waals surface area contributed by atoms with Crippen molar-refractivity contribution in [2.75, 3.05) is 31.5 Å². The number of rotatable bonds is 7. The van der Waals surface area contributed by atoms with Gasteiger partial charge in [-0.1, -0.05) is 32.4 Å². The molecule has 0 unspecified atom stereocenters. The topological polar surface area (TPSA) is 87.5 Å². The molecular weight excluding hydrogens is 400 g/mol. The molecular formula is C22H30N4O3S. The average Bonchev–Trinajstić information content (AvgIpc) is 3.30. The van der Waals surface area contributed by atoms with Crippen LogP contribution in [0.4, 0.5) is 5.13 Å². The molecule has 1 aliphatic heterocycles. The van der Waals surface area contributed by atoms with Crippen molar-refractivity contribution in [2.45, 2.75) is 40.5 Å². The predicted octanol–water partition coefficient (Wildman–Crippen LogP) is 3.63. The maximum absolute atomic E-state index is 12.2. The maximum Gasteiger partial charge on any atom is 0.260 e. The van der Waals surface area contributed by atoms with Gasteiger partial charge in [0.15, 0.2) is 5.13 Å². The lowest BCUT2D eigenvalue weighted by atomic mass is 9.83. The Balaban J connectivity index is 1.39. The highest BCUT2D eigenvalue weighted by atomic mass is 32.1. The summed E-state index contributed by atoms with van der Waals surface area (Å²) in [7, 11) is 0. The summed E-state index contributed by atoms with van der Waals surface area (Å²) in [6.45, 7) is 11.9. The molecule has 1 aliphatic rings. The minimum absolute atomic E-state index is 0.0632. The summed E-state index contributed by atoms with van der Waals surface area (Å²) in [5.41, 5.74) is 2.88. The number of furan rings is 1. The van der Waals surface area contributed by atoms with Crippen LogP contribution in [0.3, 0.4) is 0 Å². The van der Waals surface area contributed by atoms with Crippen LogP contribution in [0.5, 0.6) is 0 Å². The highest BCUT2D eigenvalue weighted by Crippen LogP contribution is 2.29. The third-order valence-electron chi connectivity index (χ3n) is 5.22. The van der Waals surface area contributed by atoms with Gasteiger partial charge in [0.2, 0.25) is 5.91 Å². The molecule has 0 saturated carbocycles. The zero-order valence-corrected chi connectivity index (χ0v) is 18.9. The van der Waals surface area contributed by atoms with Crippen molar-refractivity contribution in [1.29, 1.82) is 0 Å². The van der Waals surface area contributed by atoms with E-state index in [1.165, 1.54) is 23.2 Å². The number of hydrogen-bond donors (Lipinski definition) is 2. The fourth-order valence-corrected chi connectivity index (χ4v) is 4.11. The smallest absolute Gasteiger partial charge is 0.260 e. The Morgan fingerprint density at radius 1 is 1.33 bits per heavy atom. The number of nitrogens with one attached hydrogen (secondary N) is 2. The molecule has 0 aliphatic carbocycles. The van der Waals surface area contributed by atoms with Gasteiger partial charge in [-0.15, -0.1) is 11.3 Å². The molecule has 3 rings (SSSR count). The number of aromatic nitrogens is 1. The summed E-state index contributed by atoms with van der Waals surface area (Å²) in [4.78, 5) is 31.1. The van der Waals surface area contributed by atoms with E-state index < -0.39 is 0 Å². The van der Waals surface area contributed by atoms with E-state index >= 15 is 0 Å². The van der Waals surface area contributed by atoms with Crippen LogP contribution in [0, 0.1) is 12.3 Å². The molecule has 0 radical (unpaired) electrons. The van der Waals surface area contributed by atoms with Crippen LogP contribution in [0.25, 0.3) is 0 Å². The SMILES string of the molecule is Cc1occc1C(=O)Nc1nc(CC(=O)NCCN2CC=C(C(C)(C)C)CC2)cs1. The monoisotopic (exact) mass is 430 g/mol. The van der Waals surface area contributed by atoms with Crippen molar-refractivity contribution in [2.24, 2.45) is 5.41 Å². The molecule has 2 aromatic heterocycles. The second-order valence-corrected chi connectivity index (χ2v) is 9.40. The standard InChI is InChI=1S/C22H30N4O3S/c1-15-18(7-12-29-15)20(28)25-21-24-17(14-30-21)13-19(27)23-8-11-26-9-5-16(6-10-26)22(2,3)4/h5,7,12,14H,6,8-11,13H2,1-4H3,(H,23,27)(H,24,25,28). The van der Waals surface area contributed by atoms with E-state index in [1.807, 2.05) is 0 Å². The fourth-order valence-electron chi connectivity index (χ4n) is 3.41. The van der Waals surface area contributed by atoms with E-state index in [0.29, 0.717) is 28.7 Å². The van der Waals surface area contributed by atoms with E-state index in [1.54, 1.807) is 18.4 Å². The van der Waals surface area contributed by atoms with Crippen molar-refractivity contribution in [1.82, 2.24) is 15.2 Å². The van der Waals surface area contributed by atoms with Crippen molar-refractivity contribution in [3.63, 3.8) is 0 Å². The number of carbonyl (C=O) groups is 2. The van der Waals surface area contributed by atoms with Crippen LogP contribution in [0.2, 0.25) is 0 Å². The number of hydrogen-bond acceptors (Lipinski definition) is 6. The van der Waals surface area contributed by atoms with Gasteiger partial charge in [-0.05, 0) is 24.8 Å². The summed E-state index contributed by atoms with van der Waals surface area (Å²) >= 11 is 1.30. The maximum atomic E-state index is 12.2. The number of aryl methyl sites for hydroxylation is 1. The molecule has 2 N–H and O–H groups in total. The van der Waals surface area contributed by atoms with Crippen LogP contribution < -0.4 is 10.6 Å². The van der Waals surface area contributed by atoms with Crippen LogP contribution in [-0.4, -0.2) is 47.9 Å². The molecule has 7 nitrogen and oxygen atoms in total. The summed E-state index contributed by atoms with van der Waals surface area (Å²) in [6.07, 6.45) is 5.08. The minimum Gasteiger partial charge on any atom is -0.469 e. The van der Waals surface area contributed by atoms with E-state index in [-0.39, 0.29) is 23.7 Å². The Kier molecular flexibility index (Phi) is 7.10. The molecule has 162 valence electrons. The molecule has 0 spiro atoms. The molecule has 8 heteroatoms. The number of nitrogens with zero attached hydrogens (tertiary/aromatic N) is 2. The van der Waals surface area contributed by atoms with Gasteiger partial charge in [0, 0.05) is 31.6 Å². The number of carbonyl (C=O) groups excluding carboxylic acids is 2. The molecule has 0 atom stereocenters. The molecule has 2 aromatic rings. The Hall–Kier alpha value is -2.45. The lowest BCUT2D eigenvalue weighted by Crippen LogP contribution is -2.38. The Labute approximate surface area is 181 Å². The molecule has 0 fully saturated rings. The van der Waals surface area contributed by atoms with Crippen molar-refractivity contribution < 1.29 is 14.0 Å². The third kappa shape index (κ3) is 6.03. The Morgan fingerprint density at radius 2 is 2.13 bits per heavy atom. The van der Waals surface area contributed by atoms with Crippen LogP contribution in [0.15, 0.2) is 33.8 Å². The van der Waals surface area contributed by atoms with Gasteiger partial charge in [0.1, 0.15) is 5.76 Å². The average molecular weight is 431 g/mol. The first-order chi connectivity index (χ1) is 14.2. The first-order valence-corrected chi connectivity index (χ1v) is 11.1. The molecule has 3 heterocycles. The Morgan fingerprint density at radius 3 is 2.77 bits per heavy atom. The van der Waals surface area contributed by atoms with Crippen LogP contribution in [0.1, 0.15) is 49.0 Å². The second kappa shape index (κ2) is 9.57. The van der Waals surface area contributed by atoms with Gasteiger partial charge in [0.05, 0.1) is 23.9 Å². The van der Waals surface area contributed by atoms with Gasteiger partial charge in [-0.25, -0.2) is 4.98 Å². The van der Waals surface area contributed by atoms with Crippen molar-refractivity contribution in [3.8, 4) is 0 Å². The largest absolute Gasteiger partial charge is 0.469 e. The van der Waals surface area contributed by atoms with E-state index in [4.69, 9.17) is 4.42 Å². The predicted molar refractivity (Wildman–Crippen MR) is 119 cm³/mol. The van der Waals surface area contributed by atoms with E-state index in [2.05, 4.69) is 47.4 Å². The van der Waals surface area contributed by atoms with Gasteiger partial charge in [-0.2, -0.15) is 0 Å². The molecule has 0 bridgehead atoms. The molecule has 0 saturated heterocycles. The first kappa shape index (κ1) is 22.2. The highest BCUT2D eigenvalue weighted by Gasteiger charge is 2.21. The highest BCUT2D eigenvalue weighted by molar-refractivity contribution is 7.14. The number of amides is 2. The summed E-state index contributed by atoms with van der Waals surface area (Å²) < 4.78 is 5.15. The molecule has 2 amide bonds. The normalized spacial score (nSPS) is 15.0. The number of anilines is 1. The van der Waals surface area contributed by atoms with Gasteiger partial charge >= 0.3 is 0 Å². The van der Waals surface area contributed by atoms with Crippen LogP contribution in [-0.2, 0) is 11.2 Å². The zero-order chi connectivity index (χ0) is 21.7. The summed E-state index contributed by atoms with van der Waals surface area (Å²) in [6, 6.07) is 1.62. The summed E-state index contributed by atoms with van der Waals surface area (Å²) in [5, 5.41) is 7.97. The third-order valence-corrected chi connectivity index (χ3v) is 6.03. The van der Waals surface area contributed by atoms with E-state index in [0.717, 1.165) is 26.1 Å². The Bertz CT molecular complexity index is 923. The quantitative estimate of drug-likeness (QED) is 0.655. The van der Waals surface area contributed by atoms with Gasteiger partial charge in [0.25, 0.3) is 5.91 Å². The number of thiazole rings is 1. The lowest BCUT2D eigenvalue weighted by molar-refractivity contribution is -0.120. The summed E-state index contributed by atoms with van der Waals surface area (Å²) in [5.74, 6) is 0.228. The minimum atomic E-state index is -0.267. The fraction of sp³-hybridized carbons (Fsp3) is 0.500. The second-order valence-electron chi connectivity index (χ2n) is 8.55. The molecule has 0 aromatic carbocycles. The van der Waals surface area contributed by atoms with Crippen molar-refractivity contribution >= 4 is 28.3 Å². The van der Waals surface area contributed by atoms with Crippen molar-refractivity contribution in [3.05, 3.63) is 46.4 Å². The zero-order valence-electron chi connectivity index (χ0n) is 18.1.